The minimum atomic E-state index is -0.485. The minimum Gasteiger partial charge on any atom is -0.391 e. The van der Waals surface area contributed by atoms with Gasteiger partial charge in [0.15, 0.2) is 0 Å². The van der Waals surface area contributed by atoms with Crippen LogP contribution < -0.4 is 5.32 Å². The lowest BCUT2D eigenvalue weighted by Gasteiger charge is -2.26. The van der Waals surface area contributed by atoms with Gasteiger partial charge in [-0.05, 0) is 17.5 Å². The molecule has 1 aromatic heterocycles. The first-order valence-electron chi connectivity index (χ1n) is 5.22. The third kappa shape index (κ3) is 3.21. The summed E-state index contributed by atoms with van der Waals surface area (Å²) in [5.41, 5.74) is 0.304. The number of nitrogens with zero attached hydrogens (tertiary/aromatic N) is 2. The molecule has 1 unspecified atom stereocenters. The number of nitrogens with one attached hydrogen (secondary N) is 1. The van der Waals surface area contributed by atoms with Crippen molar-refractivity contribution >= 4 is 5.82 Å². The number of rotatable bonds is 3. The van der Waals surface area contributed by atoms with Crippen molar-refractivity contribution in [3.63, 3.8) is 0 Å². The highest BCUT2D eigenvalue weighted by molar-refractivity contribution is 5.51. The lowest BCUT2D eigenvalue weighted by Crippen LogP contribution is -2.33. The molecule has 0 spiro atoms. The van der Waals surface area contributed by atoms with Crippen molar-refractivity contribution in [2.75, 3.05) is 11.9 Å². The number of nitriles is 1. The molecule has 16 heavy (non-hydrogen) atoms. The standard InChI is InChI=1S/C12H17N3O/c1-12(2,3)10(16)8-15-11-9(7-13)5-4-6-14-11/h4-6,10,16H,8H2,1-3H3,(H,14,15). The summed E-state index contributed by atoms with van der Waals surface area (Å²) >= 11 is 0. The first-order valence-corrected chi connectivity index (χ1v) is 5.22. The Morgan fingerprint density at radius 1 is 1.56 bits per heavy atom. The van der Waals surface area contributed by atoms with Gasteiger partial charge in [0, 0.05) is 12.7 Å². The Bertz CT molecular complexity index is 390. The fourth-order valence-electron chi connectivity index (χ4n) is 1.14. The predicted molar refractivity (Wildman–Crippen MR) is 62.9 cm³/mol. The van der Waals surface area contributed by atoms with Crippen molar-refractivity contribution in [3.8, 4) is 6.07 Å². The lowest BCUT2D eigenvalue weighted by atomic mass is 9.89. The largest absolute Gasteiger partial charge is 0.391 e. The van der Waals surface area contributed by atoms with Crippen LogP contribution in [-0.2, 0) is 0 Å². The molecule has 0 aliphatic carbocycles. The third-order valence-electron chi connectivity index (χ3n) is 2.39. The lowest BCUT2D eigenvalue weighted by molar-refractivity contribution is 0.0745. The van der Waals surface area contributed by atoms with E-state index in [4.69, 9.17) is 5.26 Å². The molecule has 1 heterocycles. The summed E-state index contributed by atoms with van der Waals surface area (Å²) in [5, 5.41) is 21.7. The fourth-order valence-corrected chi connectivity index (χ4v) is 1.14. The molecule has 0 fully saturated rings. The van der Waals surface area contributed by atoms with Gasteiger partial charge >= 0.3 is 0 Å². The molecular formula is C12H17N3O. The van der Waals surface area contributed by atoms with Crippen LogP contribution in [0.15, 0.2) is 18.3 Å². The predicted octanol–water partition coefficient (Wildman–Crippen LogP) is 1.77. The second-order valence-corrected chi connectivity index (χ2v) is 4.77. The summed E-state index contributed by atoms with van der Waals surface area (Å²) in [5.74, 6) is 0.522. The molecule has 0 saturated carbocycles. The van der Waals surface area contributed by atoms with Gasteiger partial charge < -0.3 is 10.4 Å². The fraction of sp³-hybridized carbons (Fsp3) is 0.500. The molecule has 0 aliphatic rings. The molecule has 0 aromatic carbocycles. The normalized spacial score (nSPS) is 12.9. The van der Waals surface area contributed by atoms with Crippen LogP contribution in [0.2, 0.25) is 0 Å². The van der Waals surface area contributed by atoms with Gasteiger partial charge in [0.1, 0.15) is 11.9 Å². The maximum atomic E-state index is 9.84. The molecule has 4 heteroatoms. The maximum Gasteiger partial charge on any atom is 0.143 e. The summed E-state index contributed by atoms with van der Waals surface area (Å²) in [6.45, 7) is 6.27. The average Bonchev–Trinajstić information content (AvgIpc) is 2.24. The number of aliphatic hydroxyl groups excluding tert-OH is 1. The first-order chi connectivity index (χ1) is 7.45. The second kappa shape index (κ2) is 4.95. The van der Waals surface area contributed by atoms with Crippen LogP contribution in [0, 0.1) is 16.7 Å². The number of pyridine rings is 1. The first kappa shape index (κ1) is 12.5. The summed E-state index contributed by atoms with van der Waals surface area (Å²) in [6, 6.07) is 5.46. The average molecular weight is 219 g/mol. The Morgan fingerprint density at radius 2 is 2.25 bits per heavy atom. The monoisotopic (exact) mass is 219 g/mol. The topological polar surface area (TPSA) is 68.9 Å². The number of aromatic nitrogens is 1. The minimum absolute atomic E-state index is 0.186. The molecule has 0 amide bonds. The third-order valence-corrected chi connectivity index (χ3v) is 2.39. The van der Waals surface area contributed by atoms with Crippen LogP contribution in [0.4, 0.5) is 5.82 Å². The second-order valence-electron chi connectivity index (χ2n) is 4.77. The van der Waals surface area contributed by atoms with Crippen molar-refractivity contribution in [2.24, 2.45) is 5.41 Å². The van der Waals surface area contributed by atoms with Crippen molar-refractivity contribution < 1.29 is 5.11 Å². The zero-order chi connectivity index (χ0) is 12.2. The molecule has 86 valence electrons. The van der Waals surface area contributed by atoms with E-state index in [9.17, 15) is 5.11 Å². The van der Waals surface area contributed by atoms with Gasteiger partial charge in [-0.2, -0.15) is 5.26 Å². The quantitative estimate of drug-likeness (QED) is 0.813. The van der Waals surface area contributed by atoms with E-state index in [1.807, 2.05) is 20.8 Å². The zero-order valence-corrected chi connectivity index (χ0v) is 9.86. The van der Waals surface area contributed by atoms with Crippen LogP contribution in [0.5, 0.6) is 0 Å². The maximum absolute atomic E-state index is 9.84. The molecule has 0 aliphatic heterocycles. The number of hydrogen-bond donors (Lipinski definition) is 2. The SMILES string of the molecule is CC(C)(C)C(O)CNc1ncccc1C#N. The van der Waals surface area contributed by atoms with Crippen molar-refractivity contribution in [1.29, 1.82) is 5.26 Å². The summed E-state index contributed by atoms with van der Waals surface area (Å²) < 4.78 is 0. The molecule has 0 bridgehead atoms. The van der Waals surface area contributed by atoms with Crippen LogP contribution in [0.25, 0.3) is 0 Å². The molecule has 0 radical (unpaired) electrons. The van der Waals surface area contributed by atoms with Gasteiger partial charge in [0.2, 0.25) is 0 Å². The Morgan fingerprint density at radius 3 is 2.81 bits per heavy atom. The van der Waals surface area contributed by atoms with Gasteiger partial charge in [-0.15, -0.1) is 0 Å². The van der Waals surface area contributed by atoms with E-state index in [1.165, 1.54) is 0 Å². The van der Waals surface area contributed by atoms with Crippen molar-refractivity contribution in [3.05, 3.63) is 23.9 Å². The van der Waals surface area contributed by atoms with Gasteiger partial charge in [-0.3, -0.25) is 0 Å². The zero-order valence-electron chi connectivity index (χ0n) is 9.86. The van der Waals surface area contributed by atoms with Gasteiger partial charge in [-0.25, -0.2) is 4.98 Å². The highest BCUT2D eigenvalue weighted by Gasteiger charge is 2.21. The highest BCUT2D eigenvalue weighted by Crippen LogP contribution is 2.19. The molecule has 1 atom stereocenters. The van der Waals surface area contributed by atoms with Gasteiger partial charge in [0.05, 0.1) is 11.7 Å². The molecule has 4 nitrogen and oxygen atoms in total. The Labute approximate surface area is 95.9 Å². The Kier molecular flexibility index (Phi) is 3.86. The van der Waals surface area contributed by atoms with E-state index in [-0.39, 0.29) is 5.41 Å². The molecule has 0 saturated heterocycles. The Balaban J connectivity index is 2.66. The molecule has 1 rings (SSSR count). The van der Waals surface area contributed by atoms with E-state index >= 15 is 0 Å². The highest BCUT2D eigenvalue weighted by atomic mass is 16.3. The van der Waals surface area contributed by atoms with E-state index in [2.05, 4.69) is 16.4 Å². The Hall–Kier alpha value is -1.60. The van der Waals surface area contributed by atoms with Crippen LogP contribution >= 0.6 is 0 Å². The molecule has 1 aromatic rings. The smallest absolute Gasteiger partial charge is 0.143 e. The summed E-state index contributed by atoms with van der Waals surface area (Å²) in [4.78, 5) is 4.06. The van der Waals surface area contributed by atoms with E-state index in [0.29, 0.717) is 17.9 Å². The van der Waals surface area contributed by atoms with Crippen LogP contribution in [-0.4, -0.2) is 22.7 Å². The van der Waals surface area contributed by atoms with E-state index in [1.54, 1.807) is 18.3 Å². The van der Waals surface area contributed by atoms with E-state index < -0.39 is 6.10 Å². The van der Waals surface area contributed by atoms with Crippen LogP contribution in [0.1, 0.15) is 26.3 Å². The van der Waals surface area contributed by atoms with E-state index in [0.717, 1.165) is 0 Å². The number of aliphatic hydroxyl groups is 1. The molecule has 2 N–H and O–H groups in total. The summed E-state index contributed by atoms with van der Waals surface area (Å²) in [7, 11) is 0. The van der Waals surface area contributed by atoms with Crippen molar-refractivity contribution in [1.82, 2.24) is 4.98 Å². The van der Waals surface area contributed by atoms with Crippen molar-refractivity contribution in [2.45, 2.75) is 26.9 Å². The number of anilines is 1. The molecular weight excluding hydrogens is 202 g/mol. The van der Waals surface area contributed by atoms with Gasteiger partial charge in [-0.1, -0.05) is 20.8 Å². The van der Waals surface area contributed by atoms with Crippen LogP contribution in [0.3, 0.4) is 0 Å². The summed E-state index contributed by atoms with van der Waals surface area (Å²) in [6.07, 6.45) is 1.13. The van der Waals surface area contributed by atoms with Gasteiger partial charge in [0.25, 0.3) is 0 Å². The number of hydrogen-bond acceptors (Lipinski definition) is 4.